The fourth-order valence-electron chi connectivity index (χ4n) is 1.73. The quantitative estimate of drug-likeness (QED) is 0.658. The highest BCUT2D eigenvalue weighted by Gasteiger charge is 2.29. The number of nitrogens with one attached hydrogen (secondary N) is 1. The van der Waals surface area contributed by atoms with Gasteiger partial charge in [-0.1, -0.05) is 23.2 Å². The van der Waals surface area contributed by atoms with Gasteiger partial charge in [-0.15, -0.1) is 0 Å². The predicted molar refractivity (Wildman–Crippen MR) is 65.8 cm³/mol. The summed E-state index contributed by atoms with van der Waals surface area (Å²) in [5.74, 6) is 0. The van der Waals surface area contributed by atoms with Crippen molar-refractivity contribution in [2.24, 2.45) is 0 Å². The Balaban J connectivity index is 2.25. The fraction of sp³-hybridized carbons (Fsp3) is 0.400. The normalized spacial score (nSPS) is 23.0. The second-order valence-corrected chi connectivity index (χ2v) is 4.82. The van der Waals surface area contributed by atoms with Crippen LogP contribution in [0.25, 0.3) is 0 Å². The van der Waals surface area contributed by atoms with Gasteiger partial charge in [-0.2, -0.15) is 0 Å². The van der Waals surface area contributed by atoms with E-state index in [0.717, 1.165) is 0 Å². The Hall–Kier alpha value is -1.04. The highest BCUT2D eigenvalue weighted by atomic mass is 35.5. The lowest BCUT2D eigenvalue weighted by Crippen LogP contribution is -2.39. The molecule has 0 bridgehead atoms. The van der Waals surface area contributed by atoms with Crippen molar-refractivity contribution in [3.63, 3.8) is 0 Å². The molecule has 5 nitrogen and oxygen atoms in total. The van der Waals surface area contributed by atoms with E-state index in [9.17, 15) is 10.1 Å². The molecule has 0 saturated heterocycles. The van der Waals surface area contributed by atoms with Crippen molar-refractivity contribution in [1.82, 2.24) is 0 Å². The van der Waals surface area contributed by atoms with Gasteiger partial charge >= 0.3 is 0 Å². The second kappa shape index (κ2) is 4.68. The first-order valence-electron chi connectivity index (χ1n) is 5.05. The van der Waals surface area contributed by atoms with Gasteiger partial charge in [0, 0.05) is 12.1 Å². The van der Waals surface area contributed by atoms with Crippen molar-refractivity contribution in [2.45, 2.75) is 25.0 Å². The van der Waals surface area contributed by atoms with Gasteiger partial charge in [0.05, 0.1) is 21.1 Å². The van der Waals surface area contributed by atoms with Crippen LogP contribution in [0.1, 0.15) is 12.8 Å². The Kier molecular flexibility index (Phi) is 3.42. The molecule has 1 aromatic carbocycles. The zero-order valence-electron chi connectivity index (χ0n) is 8.69. The summed E-state index contributed by atoms with van der Waals surface area (Å²) in [6.07, 6.45) is 0.837. The monoisotopic (exact) mass is 276 g/mol. The van der Waals surface area contributed by atoms with Crippen LogP contribution in [0.5, 0.6) is 0 Å². The number of benzene rings is 1. The van der Waals surface area contributed by atoms with E-state index in [0.29, 0.717) is 18.5 Å². The van der Waals surface area contributed by atoms with Crippen molar-refractivity contribution in [3.05, 3.63) is 32.3 Å². The number of nitro benzene ring substituents is 1. The second-order valence-electron chi connectivity index (χ2n) is 4.01. The molecule has 0 aromatic heterocycles. The van der Waals surface area contributed by atoms with Gasteiger partial charge in [0.15, 0.2) is 0 Å². The van der Waals surface area contributed by atoms with Gasteiger partial charge in [0.2, 0.25) is 0 Å². The minimum atomic E-state index is -0.514. The van der Waals surface area contributed by atoms with Crippen LogP contribution in [0.2, 0.25) is 10.0 Å². The average molecular weight is 277 g/mol. The summed E-state index contributed by atoms with van der Waals surface area (Å²) in [7, 11) is 0. The number of rotatable bonds is 3. The van der Waals surface area contributed by atoms with Gasteiger partial charge in [-0.05, 0) is 18.9 Å². The maximum absolute atomic E-state index is 10.9. The summed E-state index contributed by atoms with van der Waals surface area (Å²) in [5, 5.41) is 23.4. The molecule has 0 spiro atoms. The largest absolute Gasteiger partial charge is 0.393 e. The Morgan fingerprint density at radius 1 is 1.35 bits per heavy atom. The number of hydrogen-bond acceptors (Lipinski definition) is 4. The molecule has 0 amide bonds. The van der Waals surface area contributed by atoms with Crippen LogP contribution in [-0.2, 0) is 0 Å². The first-order valence-corrected chi connectivity index (χ1v) is 5.81. The van der Waals surface area contributed by atoms with Crippen LogP contribution in [0, 0.1) is 10.1 Å². The molecule has 1 aliphatic carbocycles. The van der Waals surface area contributed by atoms with E-state index in [2.05, 4.69) is 5.32 Å². The standard InChI is InChI=1S/C10H10Cl2N2O3/c11-7-3-9(13-5-1-6(15)2-5)10(14(16)17)4-8(7)12/h3-6,13,15H,1-2H2. The molecule has 1 aliphatic rings. The van der Waals surface area contributed by atoms with Crippen LogP contribution in [0.3, 0.4) is 0 Å². The summed E-state index contributed by atoms with van der Waals surface area (Å²) in [6, 6.07) is 2.70. The Morgan fingerprint density at radius 2 is 1.94 bits per heavy atom. The van der Waals surface area contributed by atoms with E-state index < -0.39 is 4.92 Å². The number of hydrogen-bond donors (Lipinski definition) is 2. The molecular weight excluding hydrogens is 267 g/mol. The highest BCUT2D eigenvalue weighted by molar-refractivity contribution is 6.42. The molecular formula is C10H10Cl2N2O3. The number of nitrogens with zero attached hydrogens (tertiary/aromatic N) is 1. The molecule has 92 valence electrons. The molecule has 1 fully saturated rings. The van der Waals surface area contributed by atoms with Crippen LogP contribution in [0.4, 0.5) is 11.4 Å². The maximum Gasteiger partial charge on any atom is 0.293 e. The molecule has 0 heterocycles. The zero-order valence-corrected chi connectivity index (χ0v) is 10.2. The summed E-state index contributed by atoms with van der Waals surface area (Å²) in [6.45, 7) is 0. The van der Waals surface area contributed by atoms with Crippen LogP contribution in [0.15, 0.2) is 12.1 Å². The van der Waals surface area contributed by atoms with Gasteiger partial charge in [-0.3, -0.25) is 10.1 Å². The third kappa shape index (κ3) is 2.62. The van der Waals surface area contributed by atoms with E-state index >= 15 is 0 Å². The smallest absolute Gasteiger partial charge is 0.293 e. The fourth-order valence-corrected chi connectivity index (χ4v) is 2.05. The first kappa shape index (κ1) is 12.4. The summed E-state index contributed by atoms with van der Waals surface area (Å²) < 4.78 is 0. The van der Waals surface area contributed by atoms with E-state index in [1.165, 1.54) is 12.1 Å². The molecule has 2 rings (SSSR count). The van der Waals surface area contributed by atoms with E-state index in [4.69, 9.17) is 28.3 Å². The molecule has 0 aliphatic heterocycles. The lowest BCUT2D eigenvalue weighted by molar-refractivity contribution is -0.384. The highest BCUT2D eigenvalue weighted by Crippen LogP contribution is 2.36. The number of halogens is 2. The first-order chi connectivity index (χ1) is 7.97. The molecule has 0 unspecified atom stereocenters. The number of anilines is 1. The molecule has 7 heteroatoms. The number of aliphatic hydroxyl groups is 1. The Labute approximate surface area is 107 Å². The lowest BCUT2D eigenvalue weighted by atomic mass is 9.89. The van der Waals surface area contributed by atoms with Crippen molar-refractivity contribution >= 4 is 34.6 Å². The van der Waals surface area contributed by atoms with Crippen molar-refractivity contribution in [2.75, 3.05) is 5.32 Å². The molecule has 2 N–H and O–H groups in total. The number of aliphatic hydroxyl groups excluding tert-OH is 1. The van der Waals surface area contributed by atoms with Crippen LogP contribution < -0.4 is 5.32 Å². The Morgan fingerprint density at radius 3 is 2.47 bits per heavy atom. The Bertz CT molecular complexity index is 461. The lowest BCUT2D eigenvalue weighted by Gasteiger charge is -2.32. The molecule has 0 radical (unpaired) electrons. The minimum Gasteiger partial charge on any atom is -0.393 e. The van der Waals surface area contributed by atoms with Gasteiger partial charge in [-0.25, -0.2) is 0 Å². The molecule has 1 saturated carbocycles. The minimum absolute atomic E-state index is 0.0425. The molecule has 1 aromatic rings. The van der Waals surface area contributed by atoms with Crippen molar-refractivity contribution < 1.29 is 10.0 Å². The molecule has 17 heavy (non-hydrogen) atoms. The predicted octanol–water partition coefficient (Wildman–Crippen LogP) is 2.84. The topological polar surface area (TPSA) is 75.4 Å². The van der Waals surface area contributed by atoms with E-state index in [1.54, 1.807) is 0 Å². The van der Waals surface area contributed by atoms with Crippen molar-refractivity contribution in [3.8, 4) is 0 Å². The average Bonchev–Trinajstić information content (AvgIpc) is 2.20. The van der Waals surface area contributed by atoms with Gasteiger partial charge < -0.3 is 10.4 Å². The zero-order chi connectivity index (χ0) is 12.6. The summed E-state index contributed by atoms with van der Waals surface area (Å²) in [4.78, 5) is 10.3. The summed E-state index contributed by atoms with van der Waals surface area (Å²) >= 11 is 11.6. The SMILES string of the molecule is O=[N+]([O-])c1cc(Cl)c(Cl)cc1NC1CC(O)C1. The van der Waals surface area contributed by atoms with Crippen molar-refractivity contribution in [1.29, 1.82) is 0 Å². The molecule has 0 atom stereocenters. The third-order valence-corrected chi connectivity index (χ3v) is 3.43. The van der Waals surface area contributed by atoms with E-state index in [-0.39, 0.29) is 27.9 Å². The van der Waals surface area contributed by atoms with Gasteiger partial charge in [0.1, 0.15) is 5.69 Å². The number of nitro groups is 1. The van der Waals surface area contributed by atoms with Crippen LogP contribution in [-0.4, -0.2) is 22.2 Å². The van der Waals surface area contributed by atoms with Gasteiger partial charge in [0.25, 0.3) is 5.69 Å². The maximum atomic E-state index is 10.9. The van der Waals surface area contributed by atoms with E-state index in [1.807, 2.05) is 0 Å². The summed E-state index contributed by atoms with van der Waals surface area (Å²) in [5.41, 5.74) is 0.224. The third-order valence-electron chi connectivity index (χ3n) is 2.71. The van der Waals surface area contributed by atoms with Crippen LogP contribution >= 0.6 is 23.2 Å².